The highest BCUT2D eigenvalue weighted by Gasteiger charge is 2.10. The van der Waals surface area contributed by atoms with Crippen LogP contribution in [0.15, 0.2) is 66.7 Å². The van der Waals surface area contributed by atoms with Gasteiger partial charge in [0, 0.05) is 23.6 Å². The summed E-state index contributed by atoms with van der Waals surface area (Å²) in [7, 11) is 2.16. The van der Waals surface area contributed by atoms with Gasteiger partial charge in [-0.3, -0.25) is 0 Å². The van der Waals surface area contributed by atoms with E-state index in [0.29, 0.717) is 0 Å². The van der Waals surface area contributed by atoms with Gasteiger partial charge in [-0.2, -0.15) is 0 Å². The molecule has 1 aromatic heterocycles. The minimum Gasteiger partial charge on any atom is -0.348 e. The van der Waals surface area contributed by atoms with Crippen LogP contribution >= 0.6 is 0 Å². The highest BCUT2D eigenvalue weighted by atomic mass is 14.9. The predicted molar refractivity (Wildman–Crippen MR) is 161 cm³/mol. The van der Waals surface area contributed by atoms with Gasteiger partial charge in [0.2, 0.25) is 0 Å². The molecule has 0 spiro atoms. The van der Waals surface area contributed by atoms with Gasteiger partial charge in [-0.05, 0) is 65.7 Å². The van der Waals surface area contributed by atoms with Crippen LogP contribution in [0.2, 0.25) is 0 Å². The molecule has 35 heavy (non-hydrogen) atoms. The number of aryl methyl sites for hydroxylation is 7. The van der Waals surface area contributed by atoms with Gasteiger partial charge in [0.05, 0.1) is 0 Å². The number of hydrogen-bond acceptors (Lipinski definition) is 0. The SMILES string of the molecule is CC.CC.CCCc1c(C)n(C)c2ccc(C)cc12.Cc1ccc(C)cc1.Cc1ccc(C)cc1. The Morgan fingerprint density at radius 3 is 1.23 bits per heavy atom. The van der Waals surface area contributed by atoms with Crippen LogP contribution in [0.25, 0.3) is 10.9 Å². The molecule has 0 amide bonds. The van der Waals surface area contributed by atoms with E-state index in [9.17, 15) is 0 Å². The molecule has 4 aromatic rings. The predicted octanol–water partition coefficient (Wildman–Crippen LogP) is 10.4. The van der Waals surface area contributed by atoms with Gasteiger partial charge >= 0.3 is 0 Å². The molecule has 0 fully saturated rings. The van der Waals surface area contributed by atoms with Gasteiger partial charge in [0.15, 0.2) is 0 Å². The normalized spacial score (nSPS) is 9.37. The van der Waals surface area contributed by atoms with Crippen molar-refractivity contribution in [3.05, 3.63) is 106 Å². The largest absolute Gasteiger partial charge is 0.348 e. The molecule has 0 bridgehead atoms. The van der Waals surface area contributed by atoms with Crippen LogP contribution in [0.1, 0.15) is 80.1 Å². The Labute approximate surface area is 217 Å². The third kappa shape index (κ3) is 11.0. The first-order valence-corrected chi connectivity index (χ1v) is 13.3. The second-order valence-electron chi connectivity index (χ2n) is 8.70. The standard InChI is InChI=1S/C14H19N.2C8H10.2C2H6/c1-5-6-12-11(3)15(4)14-8-7-10(2)9-13(12)14;2*1-7-3-5-8(2)6-4-7;2*1-2/h7-9H,5-6H2,1-4H3;2*3-6H,1-2H3;2*1-2H3. The zero-order valence-corrected chi connectivity index (χ0v) is 24.7. The monoisotopic (exact) mass is 473 g/mol. The maximum Gasteiger partial charge on any atom is 0.0482 e. The second kappa shape index (κ2) is 17.6. The van der Waals surface area contributed by atoms with E-state index in [2.05, 4.69) is 127 Å². The van der Waals surface area contributed by atoms with Crippen LogP contribution in [0.4, 0.5) is 0 Å². The first-order valence-electron chi connectivity index (χ1n) is 13.3. The van der Waals surface area contributed by atoms with E-state index in [4.69, 9.17) is 0 Å². The first kappa shape index (κ1) is 32.2. The molecule has 1 heteroatoms. The topological polar surface area (TPSA) is 4.93 Å². The fourth-order valence-corrected chi connectivity index (χ4v) is 3.60. The molecule has 0 atom stereocenters. The smallest absolute Gasteiger partial charge is 0.0482 e. The quantitative estimate of drug-likeness (QED) is 0.273. The van der Waals surface area contributed by atoms with Crippen molar-refractivity contribution < 1.29 is 0 Å². The third-order valence-electron chi connectivity index (χ3n) is 5.71. The summed E-state index contributed by atoms with van der Waals surface area (Å²) in [5.41, 5.74) is 11.0. The fourth-order valence-electron chi connectivity index (χ4n) is 3.60. The maximum absolute atomic E-state index is 2.31. The molecule has 1 heterocycles. The molecule has 0 aliphatic rings. The van der Waals surface area contributed by atoms with Crippen molar-refractivity contribution in [1.29, 1.82) is 0 Å². The molecule has 1 nitrogen and oxygen atoms in total. The summed E-state index contributed by atoms with van der Waals surface area (Å²) < 4.78 is 2.31. The van der Waals surface area contributed by atoms with Crippen molar-refractivity contribution in [2.45, 2.75) is 89.0 Å². The zero-order valence-electron chi connectivity index (χ0n) is 24.7. The van der Waals surface area contributed by atoms with Crippen LogP contribution in [0.5, 0.6) is 0 Å². The van der Waals surface area contributed by atoms with Gasteiger partial charge in [-0.25, -0.2) is 0 Å². The van der Waals surface area contributed by atoms with Gasteiger partial charge < -0.3 is 4.57 Å². The summed E-state index contributed by atoms with van der Waals surface area (Å²) in [4.78, 5) is 0. The van der Waals surface area contributed by atoms with Gasteiger partial charge in [-0.15, -0.1) is 0 Å². The molecule has 0 aliphatic carbocycles. The van der Waals surface area contributed by atoms with Crippen LogP contribution in [0, 0.1) is 41.5 Å². The zero-order chi connectivity index (χ0) is 27.0. The molecule has 0 N–H and O–H groups in total. The Morgan fingerprint density at radius 1 is 0.543 bits per heavy atom. The van der Waals surface area contributed by atoms with Crippen molar-refractivity contribution in [1.82, 2.24) is 4.57 Å². The number of rotatable bonds is 2. The number of fused-ring (bicyclic) bond motifs is 1. The lowest BCUT2D eigenvalue weighted by molar-refractivity contribution is 0.866. The van der Waals surface area contributed by atoms with E-state index in [0.717, 1.165) is 0 Å². The Balaban J connectivity index is 0.000000494. The van der Waals surface area contributed by atoms with Crippen molar-refractivity contribution in [3.8, 4) is 0 Å². The molecule has 3 aromatic carbocycles. The molecular weight excluding hydrogens is 422 g/mol. The number of benzene rings is 3. The second-order valence-corrected chi connectivity index (χ2v) is 8.70. The highest BCUT2D eigenvalue weighted by molar-refractivity contribution is 5.86. The maximum atomic E-state index is 2.31. The Morgan fingerprint density at radius 2 is 0.886 bits per heavy atom. The van der Waals surface area contributed by atoms with Crippen molar-refractivity contribution in [2.75, 3.05) is 0 Å². The number of hydrogen-bond donors (Lipinski definition) is 0. The van der Waals surface area contributed by atoms with Gasteiger partial charge in [0.1, 0.15) is 0 Å². The van der Waals surface area contributed by atoms with E-state index in [1.807, 2.05) is 27.7 Å². The lowest BCUT2D eigenvalue weighted by Crippen LogP contribution is -1.92. The van der Waals surface area contributed by atoms with Gasteiger partial charge in [-0.1, -0.05) is 123 Å². The van der Waals surface area contributed by atoms with Crippen LogP contribution in [-0.2, 0) is 13.5 Å². The van der Waals surface area contributed by atoms with Crippen LogP contribution in [0.3, 0.4) is 0 Å². The van der Waals surface area contributed by atoms with Gasteiger partial charge in [0.25, 0.3) is 0 Å². The first-order chi connectivity index (χ1) is 16.7. The van der Waals surface area contributed by atoms with Crippen molar-refractivity contribution in [3.63, 3.8) is 0 Å². The molecule has 0 radical (unpaired) electrons. The summed E-state index contributed by atoms with van der Waals surface area (Å²) in [5, 5.41) is 1.44. The van der Waals surface area contributed by atoms with E-state index in [1.54, 1.807) is 0 Å². The van der Waals surface area contributed by atoms with Crippen LogP contribution < -0.4 is 0 Å². The molecular formula is C34H51N. The average molecular weight is 474 g/mol. The van der Waals surface area contributed by atoms with Crippen molar-refractivity contribution in [2.24, 2.45) is 7.05 Å². The highest BCUT2D eigenvalue weighted by Crippen LogP contribution is 2.26. The Hall–Kier alpha value is -2.80. The van der Waals surface area contributed by atoms with Crippen molar-refractivity contribution >= 4 is 10.9 Å². The molecule has 4 rings (SSSR count). The van der Waals surface area contributed by atoms with E-state index >= 15 is 0 Å². The minimum atomic E-state index is 1.19. The lowest BCUT2D eigenvalue weighted by atomic mass is 10.0. The molecule has 0 unspecified atom stereocenters. The third-order valence-corrected chi connectivity index (χ3v) is 5.71. The molecule has 0 saturated heterocycles. The Bertz CT molecular complexity index is 995. The summed E-state index contributed by atoms with van der Waals surface area (Å²) in [5.74, 6) is 0. The molecule has 192 valence electrons. The average Bonchev–Trinajstić information content (AvgIpc) is 3.10. The summed E-state index contributed by atoms with van der Waals surface area (Å²) in [6.45, 7) is 23.0. The summed E-state index contributed by atoms with van der Waals surface area (Å²) >= 11 is 0. The molecule has 0 saturated carbocycles. The van der Waals surface area contributed by atoms with E-state index in [-0.39, 0.29) is 0 Å². The minimum absolute atomic E-state index is 1.19. The molecule has 0 aliphatic heterocycles. The Kier molecular flexibility index (Phi) is 16.2. The number of nitrogens with zero attached hydrogens (tertiary/aromatic N) is 1. The lowest BCUT2D eigenvalue weighted by Gasteiger charge is -1.99. The summed E-state index contributed by atoms with van der Waals surface area (Å²) in [6.07, 6.45) is 2.40. The fraction of sp³-hybridized carbons (Fsp3) is 0.412. The van der Waals surface area contributed by atoms with Crippen LogP contribution in [-0.4, -0.2) is 4.57 Å². The van der Waals surface area contributed by atoms with E-state index in [1.165, 1.54) is 62.8 Å². The number of aromatic nitrogens is 1. The van der Waals surface area contributed by atoms with E-state index < -0.39 is 0 Å². The summed E-state index contributed by atoms with van der Waals surface area (Å²) in [6, 6.07) is 23.7.